The number of hydrogen-bond acceptors (Lipinski definition) is 6. The quantitative estimate of drug-likeness (QED) is 0.447. The molecular weight excluding hydrogens is 374 g/mol. The Labute approximate surface area is 172 Å². The first-order chi connectivity index (χ1) is 13.8. The van der Waals surface area contributed by atoms with Gasteiger partial charge in [-0.3, -0.25) is 14.8 Å². The number of hydrogen-bond donors (Lipinski definition) is 3. The molecule has 0 radical (unpaired) electrons. The maximum Gasteiger partial charge on any atom is 0.272 e. The van der Waals surface area contributed by atoms with Crippen molar-refractivity contribution in [1.82, 2.24) is 10.4 Å². The molecule has 1 aromatic carbocycles. The molecule has 0 spiro atoms. The lowest BCUT2D eigenvalue weighted by molar-refractivity contribution is -0.152. The van der Waals surface area contributed by atoms with Crippen molar-refractivity contribution in [3.63, 3.8) is 0 Å². The Hall–Kier alpha value is -2.32. The fourth-order valence-corrected chi connectivity index (χ4v) is 3.77. The second-order valence-electron chi connectivity index (χ2n) is 7.91. The van der Waals surface area contributed by atoms with Crippen LogP contribution in [0.5, 0.6) is 5.75 Å². The molecule has 0 bridgehead atoms. The van der Waals surface area contributed by atoms with E-state index in [1.807, 2.05) is 52.0 Å². The van der Waals surface area contributed by atoms with Crippen molar-refractivity contribution in [3.8, 4) is 5.75 Å². The van der Waals surface area contributed by atoms with Gasteiger partial charge in [-0.25, -0.2) is 5.48 Å². The molecule has 1 unspecified atom stereocenters. The van der Waals surface area contributed by atoms with Crippen LogP contribution >= 0.6 is 0 Å². The molecule has 1 aromatic rings. The summed E-state index contributed by atoms with van der Waals surface area (Å²) in [6.07, 6.45) is -1.22. The SMILES string of the molecule is CCOc1ccc(N2CCN(C(=O)[C@@H](CC(C)C)[C@H](O)C(=O)NO)C(C)C2)cc1. The Balaban J connectivity index is 2.07. The Bertz CT molecular complexity index is 679. The minimum absolute atomic E-state index is 0.0816. The highest BCUT2D eigenvalue weighted by atomic mass is 16.5. The molecular formula is C21H33N3O5. The van der Waals surface area contributed by atoms with Gasteiger partial charge in [-0.2, -0.15) is 0 Å². The van der Waals surface area contributed by atoms with Crippen LogP contribution in [0.4, 0.5) is 5.69 Å². The number of benzene rings is 1. The van der Waals surface area contributed by atoms with Gasteiger partial charge < -0.3 is 19.6 Å². The first-order valence-electron chi connectivity index (χ1n) is 10.2. The van der Waals surface area contributed by atoms with E-state index in [0.717, 1.165) is 11.4 Å². The minimum atomic E-state index is -1.58. The standard InChI is InChI=1S/C21H33N3O5/c1-5-29-17-8-6-16(7-9-17)23-10-11-24(15(4)13-23)21(27)18(12-14(2)3)19(25)20(26)22-28/h6-9,14-15,18-19,25,28H,5,10-13H2,1-4H3,(H,22,26)/t15?,18-,19-/m0/s1. The Morgan fingerprint density at radius 1 is 1.24 bits per heavy atom. The average Bonchev–Trinajstić information content (AvgIpc) is 2.71. The molecule has 1 heterocycles. The van der Waals surface area contributed by atoms with E-state index in [2.05, 4.69) is 4.90 Å². The Morgan fingerprint density at radius 3 is 2.41 bits per heavy atom. The average molecular weight is 408 g/mol. The third-order valence-electron chi connectivity index (χ3n) is 5.23. The number of nitrogens with zero attached hydrogens (tertiary/aromatic N) is 2. The van der Waals surface area contributed by atoms with Crippen LogP contribution < -0.4 is 15.1 Å². The van der Waals surface area contributed by atoms with Crippen LogP contribution in [-0.4, -0.2) is 65.4 Å². The summed E-state index contributed by atoms with van der Waals surface area (Å²) in [7, 11) is 0. The van der Waals surface area contributed by atoms with E-state index >= 15 is 0 Å². The molecule has 2 rings (SSSR count). The largest absolute Gasteiger partial charge is 0.494 e. The van der Waals surface area contributed by atoms with E-state index in [0.29, 0.717) is 32.7 Å². The van der Waals surface area contributed by atoms with Crippen molar-refractivity contribution >= 4 is 17.5 Å². The molecule has 29 heavy (non-hydrogen) atoms. The Morgan fingerprint density at radius 2 is 1.90 bits per heavy atom. The summed E-state index contributed by atoms with van der Waals surface area (Å²) in [4.78, 5) is 28.8. The number of aliphatic hydroxyl groups is 1. The molecule has 2 amide bonds. The van der Waals surface area contributed by atoms with Crippen LogP contribution in [0.3, 0.4) is 0 Å². The molecule has 0 aromatic heterocycles. The molecule has 8 heteroatoms. The van der Waals surface area contributed by atoms with Crippen molar-refractivity contribution < 1.29 is 24.6 Å². The van der Waals surface area contributed by atoms with E-state index in [4.69, 9.17) is 9.94 Å². The summed E-state index contributed by atoms with van der Waals surface area (Å²) in [5.74, 6) is -1.16. The number of piperazine rings is 1. The summed E-state index contributed by atoms with van der Waals surface area (Å²) in [5, 5.41) is 19.1. The number of ether oxygens (including phenoxy) is 1. The molecule has 1 aliphatic heterocycles. The van der Waals surface area contributed by atoms with E-state index in [1.165, 1.54) is 5.48 Å². The van der Waals surface area contributed by atoms with Crippen LogP contribution in [0, 0.1) is 11.8 Å². The fraction of sp³-hybridized carbons (Fsp3) is 0.619. The molecule has 0 aliphatic carbocycles. The number of rotatable bonds is 8. The van der Waals surface area contributed by atoms with Gasteiger partial charge in [0.2, 0.25) is 5.91 Å². The highest BCUT2D eigenvalue weighted by molar-refractivity contribution is 5.89. The number of hydroxylamine groups is 1. The molecule has 3 N–H and O–H groups in total. The zero-order valence-corrected chi connectivity index (χ0v) is 17.7. The number of nitrogens with one attached hydrogen (secondary N) is 1. The van der Waals surface area contributed by atoms with Crippen molar-refractivity contribution in [2.75, 3.05) is 31.1 Å². The Kier molecular flexibility index (Phi) is 8.28. The number of anilines is 1. The van der Waals surface area contributed by atoms with Crippen LogP contribution in [0.25, 0.3) is 0 Å². The molecule has 0 saturated carbocycles. The van der Waals surface area contributed by atoms with Gasteiger partial charge in [0.25, 0.3) is 5.91 Å². The summed E-state index contributed by atoms with van der Waals surface area (Å²) < 4.78 is 5.48. The zero-order chi connectivity index (χ0) is 21.6. The van der Waals surface area contributed by atoms with Gasteiger partial charge >= 0.3 is 0 Å². The number of amides is 2. The smallest absolute Gasteiger partial charge is 0.272 e. The highest BCUT2D eigenvalue weighted by Crippen LogP contribution is 2.25. The summed E-state index contributed by atoms with van der Waals surface area (Å²) in [5.41, 5.74) is 2.51. The molecule has 162 valence electrons. The van der Waals surface area contributed by atoms with E-state index < -0.39 is 17.9 Å². The van der Waals surface area contributed by atoms with Crippen LogP contribution in [-0.2, 0) is 9.59 Å². The maximum absolute atomic E-state index is 13.1. The fourth-order valence-electron chi connectivity index (χ4n) is 3.77. The first-order valence-corrected chi connectivity index (χ1v) is 10.2. The third-order valence-corrected chi connectivity index (χ3v) is 5.23. The lowest BCUT2D eigenvalue weighted by Gasteiger charge is -2.42. The van der Waals surface area contributed by atoms with Crippen LogP contribution in [0.2, 0.25) is 0 Å². The molecule has 1 saturated heterocycles. The topological polar surface area (TPSA) is 102 Å². The van der Waals surface area contributed by atoms with Gasteiger partial charge in [0.1, 0.15) is 11.9 Å². The summed E-state index contributed by atoms with van der Waals surface area (Å²) in [6.45, 7) is 10.2. The molecule has 1 aliphatic rings. The molecule has 1 fully saturated rings. The van der Waals surface area contributed by atoms with Crippen molar-refractivity contribution in [2.45, 2.75) is 46.3 Å². The van der Waals surface area contributed by atoms with Crippen molar-refractivity contribution in [3.05, 3.63) is 24.3 Å². The second kappa shape index (κ2) is 10.5. The van der Waals surface area contributed by atoms with E-state index in [-0.39, 0.29) is 17.9 Å². The predicted molar refractivity (Wildman–Crippen MR) is 110 cm³/mol. The number of carbonyl (C=O) groups excluding carboxylic acids is 2. The minimum Gasteiger partial charge on any atom is -0.494 e. The monoisotopic (exact) mass is 407 g/mol. The number of carbonyl (C=O) groups is 2. The highest BCUT2D eigenvalue weighted by Gasteiger charge is 2.38. The normalized spacial score (nSPS) is 19.1. The summed E-state index contributed by atoms with van der Waals surface area (Å²) in [6, 6.07) is 7.80. The van der Waals surface area contributed by atoms with Gasteiger partial charge in [0, 0.05) is 31.4 Å². The molecule has 8 nitrogen and oxygen atoms in total. The van der Waals surface area contributed by atoms with Crippen molar-refractivity contribution in [1.29, 1.82) is 0 Å². The lowest BCUT2D eigenvalue weighted by Crippen LogP contribution is -2.57. The lowest BCUT2D eigenvalue weighted by atomic mass is 9.89. The van der Waals surface area contributed by atoms with Crippen LogP contribution in [0.15, 0.2) is 24.3 Å². The van der Waals surface area contributed by atoms with Gasteiger partial charge in [0.05, 0.1) is 12.5 Å². The summed E-state index contributed by atoms with van der Waals surface area (Å²) >= 11 is 0. The van der Waals surface area contributed by atoms with E-state index in [9.17, 15) is 14.7 Å². The molecule has 3 atom stereocenters. The predicted octanol–water partition coefficient (Wildman–Crippen LogP) is 1.65. The van der Waals surface area contributed by atoms with E-state index in [1.54, 1.807) is 4.90 Å². The van der Waals surface area contributed by atoms with Gasteiger partial charge in [-0.15, -0.1) is 0 Å². The second-order valence-corrected chi connectivity index (χ2v) is 7.91. The third kappa shape index (κ3) is 5.83. The number of aliphatic hydroxyl groups excluding tert-OH is 1. The van der Waals surface area contributed by atoms with Gasteiger partial charge in [0.15, 0.2) is 0 Å². The first kappa shape index (κ1) is 23.0. The van der Waals surface area contributed by atoms with Crippen molar-refractivity contribution in [2.24, 2.45) is 11.8 Å². The van der Waals surface area contributed by atoms with Gasteiger partial charge in [-0.1, -0.05) is 13.8 Å². The maximum atomic E-state index is 13.1. The van der Waals surface area contributed by atoms with Gasteiger partial charge in [-0.05, 0) is 50.5 Å². The van der Waals surface area contributed by atoms with Crippen LogP contribution in [0.1, 0.15) is 34.1 Å². The zero-order valence-electron chi connectivity index (χ0n) is 17.7.